The molecular weight excluding hydrogens is 280 g/mol. The van der Waals surface area contributed by atoms with Gasteiger partial charge in [-0.25, -0.2) is 4.79 Å². The highest BCUT2D eigenvalue weighted by Gasteiger charge is 2.22. The first-order valence-corrected chi connectivity index (χ1v) is 7.19. The number of nitrogens with zero attached hydrogens (tertiary/aromatic N) is 2. The first-order chi connectivity index (χ1) is 10.7. The molecule has 1 aliphatic rings. The summed E-state index contributed by atoms with van der Waals surface area (Å²) in [5.74, 6) is 0.390. The number of rotatable bonds is 2. The Morgan fingerprint density at radius 1 is 1.32 bits per heavy atom. The van der Waals surface area contributed by atoms with Crippen LogP contribution in [-0.4, -0.2) is 30.7 Å². The molecule has 0 radical (unpaired) electrons. The second-order valence-electron chi connectivity index (χ2n) is 5.31. The number of anilines is 1. The van der Waals surface area contributed by atoms with Crippen LogP contribution >= 0.6 is 0 Å². The third-order valence-electron chi connectivity index (χ3n) is 3.84. The van der Waals surface area contributed by atoms with Gasteiger partial charge in [0, 0.05) is 30.2 Å². The zero-order valence-corrected chi connectivity index (χ0v) is 12.7. The Kier molecular flexibility index (Phi) is 3.96. The monoisotopic (exact) mass is 298 g/mol. The molecule has 1 aromatic heterocycles. The van der Waals surface area contributed by atoms with Crippen LogP contribution in [-0.2, 0) is 11.3 Å². The van der Waals surface area contributed by atoms with Crippen molar-refractivity contribution in [1.82, 2.24) is 4.98 Å². The van der Waals surface area contributed by atoms with Gasteiger partial charge in [-0.15, -0.1) is 0 Å². The van der Waals surface area contributed by atoms with Crippen molar-refractivity contribution < 1.29 is 14.3 Å². The number of benzene rings is 1. The lowest BCUT2D eigenvalue weighted by molar-refractivity contribution is 0.0600. The standard InChI is InChI=1S/C17H18N2O3/c1-12-11-22-16-9-13(17(20)21-2)3-4-14(16)10-19(12)15-5-7-18-8-6-15/h3-9,12H,10-11H2,1-2H3/t12-/m0/s1. The number of aromatic nitrogens is 1. The minimum Gasteiger partial charge on any atom is -0.491 e. The second kappa shape index (κ2) is 6.05. The number of carbonyl (C=O) groups excluding carboxylic acids is 1. The van der Waals surface area contributed by atoms with Crippen LogP contribution in [0.3, 0.4) is 0 Å². The number of pyridine rings is 1. The Balaban J connectivity index is 1.93. The predicted octanol–water partition coefficient (Wildman–Crippen LogP) is 2.66. The lowest BCUT2D eigenvalue weighted by Gasteiger charge is -2.28. The highest BCUT2D eigenvalue weighted by atomic mass is 16.5. The maximum Gasteiger partial charge on any atom is 0.337 e. The van der Waals surface area contributed by atoms with Gasteiger partial charge < -0.3 is 14.4 Å². The van der Waals surface area contributed by atoms with E-state index >= 15 is 0 Å². The summed E-state index contributed by atoms with van der Waals surface area (Å²) in [6.45, 7) is 3.40. The van der Waals surface area contributed by atoms with Crippen molar-refractivity contribution in [1.29, 1.82) is 0 Å². The number of carbonyl (C=O) groups is 1. The van der Waals surface area contributed by atoms with Crippen molar-refractivity contribution >= 4 is 11.7 Å². The molecule has 0 fully saturated rings. The summed E-state index contributed by atoms with van der Waals surface area (Å²) < 4.78 is 10.6. The third-order valence-corrected chi connectivity index (χ3v) is 3.84. The summed E-state index contributed by atoms with van der Waals surface area (Å²) in [6, 6.07) is 9.65. The highest BCUT2D eigenvalue weighted by Crippen LogP contribution is 2.29. The van der Waals surface area contributed by atoms with Gasteiger partial charge in [-0.1, -0.05) is 6.07 Å². The summed E-state index contributed by atoms with van der Waals surface area (Å²) in [5.41, 5.74) is 2.66. The van der Waals surface area contributed by atoms with Gasteiger partial charge >= 0.3 is 5.97 Å². The molecule has 5 nitrogen and oxygen atoms in total. The van der Waals surface area contributed by atoms with Gasteiger partial charge in [-0.2, -0.15) is 0 Å². The molecule has 22 heavy (non-hydrogen) atoms. The maximum absolute atomic E-state index is 11.6. The van der Waals surface area contributed by atoms with Gasteiger partial charge in [0.05, 0.1) is 18.7 Å². The molecule has 1 atom stereocenters. The summed E-state index contributed by atoms with van der Waals surface area (Å²) in [6.07, 6.45) is 3.57. The van der Waals surface area contributed by atoms with Crippen molar-refractivity contribution in [3.63, 3.8) is 0 Å². The highest BCUT2D eigenvalue weighted by molar-refractivity contribution is 5.90. The molecule has 0 N–H and O–H groups in total. The number of fused-ring (bicyclic) bond motifs is 1. The van der Waals surface area contributed by atoms with Gasteiger partial charge in [0.25, 0.3) is 0 Å². The summed E-state index contributed by atoms with van der Waals surface area (Å²) in [4.78, 5) is 18.0. The fraction of sp³-hybridized carbons (Fsp3) is 0.294. The first kappa shape index (κ1) is 14.4. The smallest absolute Gasteiger partial charge is 0.337 e. The minimum absolute atomic E-state index is 0.219. The number of methoxy groups -OCH3 is 1. The molecule has 3 rings (SSSR count). The fourth-order valence-electron chi connectivity index (χ4n) is 2.59. The number of hydrogen-bond acceptors (Lipinski definition) is 5. The molecule has 0 spiro atoms. The van der Waals surface area contributed by atoms with E-state index in [-0.39, 0.29) is 12.0 Å². The SMILES string of the molecule is COC(=O)c1ccc2c(c1)OC[C@H](C)N(c1ccncc1)C2. The van der Waals surface area contributed by atoms with E-state index in [1.54, 1.807) is 24.5 Å². The van der Waals surface area contributed by atoms with Gasteiger partial charge in [-0.3, -0.25) is 4.98 Å². The Labute approximate surface area is 129 Å². The lowest BCUT2D eigenvalue weighted by atomic mass is 10.1. The zero-order valence-electron chi connectivity index (χ0n) is 12.7. The van der Waals surface area contributed by atoms with Crippen molar-refractivity contribution in [2.75, 3.05) is 18.6 Å². The maximum atomic E-state index is 11.6. The summed E-state index contributed by atoms with van der Waals surface area (Å²) in [5, 5.41) is 0. The van der Waals surface area contributed by atoms with E-state index in [1.165, 1.54) is 7.11 Å². The molecule has 0 bridgehead atoms. The van der Waals surface area contributed by atoms with E-state index in [0.29, 0.717) is 12.2 Å². The van der Waals surface area contributed by atoms with E-state index in [1.807, 2.05) is 18.2 Å². The normalized spacial score (nSPS) is 17.2. The van der Waals surface area contributed by atoms with Crippen LogP contribution in [0.2, 0.25) is 0 Å². The van der Waals surface area contributed by atoms with Crippen LogP contribution in [0.5, 0.6) is 5.75 Å². The van der Waals surface area contributed by atoms with E-state index in [0.717, 1.165) is 23.5 Å². The van der Waals surface area contributed by atoms with E-state index in [9.17, 15) is 4.79 Å². The van der Waals surface area contributed by atoms with Gasteiger partial charge in [-0.05, 0) is 31.2 Å². The number of hydrogen-bond donors (Lipinski definition) is 0. The molecule has 0 saturated carbocycles. The minimum atomic E-state index is -0.352. The molecule has 0 amide bonds. The van der Waals surface area contributed by atoms with Gasteiger partial charge in [0.1, 0.15) is 12.4 Å². The molecule has 0 saturated heterocycles. The Hall–Kier alpha value is -2.56. The largest absolute Gasteiger partial charge is 0.491 e. The van der Waals surface area contributed by atoms with Crippen LogP contribution in [0, 0.1) is 0 Å². The van der Waals surface area contributed by atoms with Crippen LogP contribution < -0.4 is 9.64 Å². The van der Waals surface area contributed by atoms with E-state index < -0.39 is 0 Å². The Morgan fingerprint density at radius 2 is 2.09 bits per heavy atom. The van der Waals surface area contributed by atoms with Crippen LogP contribution in [0.4, 0.5) is 5.69 Å². The molecule has 5 heteroatoms. The van der Waals surface area contributed by atoms with Crippen LogP contribution in [0.25, 0.3) is 0 Å². The van der Waals surface area contributed by atoms with Crippen LogP contribution in [0.15, 0.2) is 42.7 Å². The third kappa shape index (κ3) is 2.74. The zero-order chi connectivity index (χ0) is 15.5. The van der Waals surface area contributed by atoms with Gasteiger partial charge in [0.15, 0.2) is 0 Å². The van der Waals surface area contributed by atoms with Gasteiger partial charge in [0.2, 0.25) is 0 Å². The Bertz CT molecular complexity index is 673. The summed E-state index contributed by atoms with van der Waals surface area (Å²) in [7, 11) is 1.38. The van der Waals surface area contributed by atoms with Crippen molar-refractivity contribution in [2.45, 2.75) is 19.5 Å². The molecule has 2 heterocycles. The molecule has 1 aliphatic heterocycles. The molecule has 0 unspecified atom stereocenters. The van der Waals surface area contributed by atoms with E-state index in [2.05, 4.69) is 16.8 Å². The summed E-state index contributed by atoms with van der Waals surface area (Å²) >= 11 is 0. The first-order valence-electron chi connectivity index (χ1n) is 7.19. The predicted molar refractivity (Wildman–Crippen MR) is 83.2 cm³/mol. The van der Waals surface area contributed by atoms with Crippen molar-refractivity contribution in [2.24, 2.45) is 0 Å². The molecule has 114 valence electrons. The molecular formula is C17H18N2O3. The Morgan fingerprint density at radius 3 is 2.82 bits per heavy atom. The van der Waals surface area contributed by atoms with E-state index in [4.69, 9.17) is 9.47 Å². The molecule has 2 aromatic rings. The van der Waals surface area contributed by atoms with Crippen LogP contribution in [0.1, 0.15) is 22.8 Å². The molecule has 1 aromatic carbocycles. The average molecular weight is 298 g/mol. The second-order valence-corrected chi connectivity index (χ2v) is 5.31. The lowest BCUT2D eigenvalue weighted by Crippen LogP contribution is -2.34. The van der Waals surface area contributed by atoms with Crippen molar-refractivity contribution in [3.05, 3.63) is 53.9 Å². The number of ether oxygens (including phenoxy) is 2. The number of esters is 1. The quantitative estimate of drug-likeness (QED) is 0.798. The molecule has 0 aliphatic carbocycles. The fourth-order valence-corrected chi connectivity index (χ4v) is 2.59. The topological polar surface area (TPSA) is 51.7 Å². The average Bonchev–Trinajstić information content (AvgIpc) is 2.74. The van der Waals surface area contributed by atoms with Crippen molar-refractivity contribution in [3.8, 4) is 5.75 Å².